The molecule has 3 fully saturated rings. The van der Waals surface area contributed by atoms with Crippen molar-refractivity contribution in [3.63, 3.8) is 0 Å². The number of piperazine rings is 1. The Morgan fingerprint density at radius 1 is 0.737 bits per heavy atom. The molecule has 3 aliphatic rings. The zero-order chi connectivity index (χ0) is 27.6. The first-order valence-corrected chi connectivity index (χ1v) is 12.3. The normalized spacial score (nSPS) is 32.0. The molecule has 5 rings (SSSR count). The summed E-state index contributed by atoms with van der Waals surface area (Å²) in [5.74, 6) is -0.380. The van der Waals surface area contributed by atoms with Crippen molar-refractivity contribution in [2.24, 2.45) is 0 Å². The van der Waals surface area contributed by atoms with Crippen LogP contribution >= 0.6 is 0 Å². The van der Waals surface area contributed by atoms with E-state index in [0.717, 1.165) is 0 Å². The van der Waals surface area contributed by atoms with Crippen molar-refractivity contribution in [2.45, 2.75) is 63.2 Å². The van der Waals surface area contributed by atoms with Crippen molar-refractivity contribution in [3.8, 4) is 0 Å². The number of hydrogen-bond donors (Lipinski definition) is 0. The Bertz CT molecular complexity index is 1210. The minimum atomic E-state index is -1.08. The van der Waals surface area contributed by atoms with Crippen LogP contribution in [0.2, 0.25) is 0 Å². The predicted octanol–water partition coefficient (Wildman–Crippen LogP) is 3.31. The van der Waals surface area contributed by atoms with Gasteiger partial charge in [0, 0.05) is 49.4 Å². The van der Waals surface area contributed by atoms with Gasteiger partial charge in [-0.05, 0) is 63.1 Å². The smallest absolute Gasteiger partial charge is 0.269 e. The minimum absolute atomic E-state index is 0.0326. The van der Waals surface area contributed by atoms with Crippen LogP contribution < -0.4 is 0 Å². The number of carbonyl (C=O) groups excluding carboxylic acids is 2. The Hall–Kier alpha value is -3.90. The van der Waals surface area contributed by atoms with Crippen molar-refractivity contribution in [3.05, 3.63) is 79.9 Å². The lowest BCUT2D eigenvalue weighted by Gasteiger charge is -2.45. The van der Waals surface area contributed by atoms with Crippen molar-refractivity contribution in [1.82, 2.24) is 9.80 Å². The molecular formula is C26H28N4O8. The Kier molecular flexibility index (Phi) is 5.99. The molecule has 0 radical (unpaired) electrons. The topological polar surface area (TPSA) is 152 Å². The highest BCUT2D eigenvalue weighted by atomic mass is 16.6. The lowest BCUT2D eigenvalue weighted by molar-refractivity contribution is -0.385. The minimum Gasteiger partial charge on any atom is -0.351 e. The maximum Gasteiger partial charge on any atom is 0.269 e. The molecule has 0 N–H and O–H groups in total. The SMILES string of the molecule is C[C@H]1CN(C(=O)[C@@]2(C)O[C@@H]2c2ccc([N+](=O)[O-])cc2)[C@@H](C)CN1C(=O)[C@@]1(C)O[C@@H]1c1ccc([N+](=O)[O-])cc1. The van der Waals surface area contributed by atoms with E-state index in [-0.39, 0.29) is 35.3 Å². The van der Waals surface area contributed by atoms with Gasteiger partial charge in [-0.15, -0.1) is 0 Å². The third-order valence-electron chi connectivity index (χ3n) is 7.78. The highest BCUT2D eigenvalue weighted by Gasteiger charge is 2.63. The summed E-state index contributed by atoms with van der Waals surface area (Å²) in [6, 6.07) is 11.4. The van der Waals surface area contributed by atoms with Gasteiger partial charge >= 0.3 is 0 Å². The summed E-state index contributed by atoms with van der Waals surface area (Å²) in [5, 5.41) is 21.9. The number of epoxide rings is 2. The molecule has 200 valence electrons. The second kappa shape index (κ2) is 8.84. The predicted molar refractivity (Wildman–Crippen MR) is 133 cm³/mol. The fourth-order valence-electron chi connectivity index (χ4n) is 5.32. The van der Waals surface area contributed by atoms with Crippen LogP contribution in [0, 0.1) is 20.2 Å². The van der Waals surface area contributed by atoms with Crippen molar-refractivity contribution in [2.75, 3.05) is 13.1 Å². The van der Waals surface area contributed by atoms with Crippen LogP contribution in [0.25, 0.3) is 0 Å². The maximum atomic E-state index is 13.5. The number of nitrogens with zero attached hydrogens (tertiary/aromatic N) is 4. The van der Waals surface area contributed by atoms with Gasteiger partial charge in [0.15, 0.2) is 11.2 Å². The van der Waals surface area contributed by atoms with E-state index in [2.05, 4.69) is 0 Å². The molecule has 38 heavy (non-hydrogen) atoms. The Morgan fingerprint density at radius 3 is 1.34 bits per heavy atom. The van der Waals surface area contributed by atoms with Crippen molar-refractivity contribution in [1.29, 1.82) is 0 Å². The fourth-order valence-corrected chi connectivity index (χ4v) is 5.32. The molecule has 3 aliphatic heterocycles. The molecule has 0 bridgehead atoms. The Morgan fingerprint density at radius 2 is 1.05 bits per heavy atom. The molecule has 0 unspecified atom stereocenters. The molecule has 0 aromatic heterocycles. The first-order chi connectivity index (χ1) is 17.9. The van der Waals surface area contributed by atoms with E-state index >= 15 is 0 Å². The molecule has 2 aromatic carbocycles. The highest BCUT2D eigenvalue weighted by molar-refractivity contribution is 5.91. The van der Waals surface area contributed by atoms with Gasteiger partial charge in [-0.1, -0.05) is 0 Å². The summed E-state index contributed by atoms with van der Waals surface area (Å²) in [7, 11) is 0. The number of non-ortho nitro benzene ring substituents is 2. The first kappa shape index (κ1) is 25.7. The molecule has 0 aliphatic carbocycles. The number of ether oxygens (including phenoxy) is 2. The lowest BCUT2D eigenvalue weighted by Crippen LogP contribution is -2.62. The molecule has 0 spiro atoms. The fraction of sp³-hybridized carbons (Fsp3) is 0.462. The van der Waals surface area contributed by atoms with Gasteiger partial charge in [0.2, 0.25) is 0 Å². The lowest BCUT2D eigenvalue weighted by atomic mass is 9.95. The summed E-state index contributed by atoms with van der Waals surface area (Å²) >= 11 is 0. The number of rotatable bonds is 6. The van der Waals surface area contributed by atoms with Crippen LogP contribution in [0.3, 0.4) is 0 Å². The van der Waals surface area contributed by atoms with Crippen LogP contribution in [0.4, 0.5) is 11.4 Å². The molecule has 12 heteroatoms. The van der Waals surface area contributed by atoms with Gasteiger partial charge in [-0.3, -0.25) is 29.8 Å². The third-order valence-corrected chi connectivity index (χ3v) is 7.78. The van der Waals surface area contributed by atoms with Gasteiger partial charge in [0.1, 0.15) is 12.2 Å². The third kappa shape index (κ3) is 4.19. The van der Waals surface area contributed by atoms with E-state index in [1.165, 1.54) is 24.3 Å². The van der Waals surface area contributed by atoms with E-state index in [1.54, 1.807) is 47.9 Å². The number of benzene rings is 2. The van der Waals surface area contributed by atoms with E-state index in [1.807, 2.05) is 13.8 Å². The molecule has 0 saturated carbocycles. The molecule has 2 aromatic rings. The second-order valence-corrected chi connectivity index (χ2v) is 10.5. The van der Waals surface area contributed by atoms with E-state index in [0.29, 0.717) is 24.2 Å². The zero-order valence-corrected chi connectivity index (χ0v) is 21.4. The number of nitro groups is 2. The summed E-state index contributed by atoms with van der Waals surface area (Å²) in [6.45, 7) is 7.81. The standard InChI is InChI=1S/C26H28N4O8/c1-15-13-28(24(32)26(4)22(38-26)18-7-11-20(12-8-18)30(35)36)16(2)14-27(15)23(31)25(3)21(37-25)17-5-9-19(10-6-17)29(33)34/h5-12,15-16,21-22H,13-14H2,1-4H3/t15-,16-,21+,22+,25-,26-/m0/s1. The molecule has 3 saturated heterocycles. The number of hydrogen-bond acceptors (Lipinski definition) is 8. The van der Waals surface area contributed by atoms with Gasteiger partial charge in [0.05, 0.1) is 9.85 Å². The monoisotopic (exact) mass is 524 g/mol. The van der Waals surface area contributed by atoms with E-state index < -0.39 is 33.3 Å². The van der Waals surface area contributed by atoms with Crippen LogP contribution in [-0.2, 0) is 19.1 Å². The Labute approximate surface area is 218 Å². The second-order valence-electron chi connectivity index (χ2n) is 10.5. The largest absolute Gasteiger partial charge is 0.351 e. The van der Waals surface area contributed by atoms with E-state index in [4.69, 9.17) is 9.47 Å². The van der Waals surface area contributed by atoms with Gasteiger partial charge in [-0.2, -0.15) is 0 Å². The quantitative estimate of drug-likeness (QED) is 0.317. The zero-order valence-electron chi connectivity index (χ0n) is 21.4. The number of nitro benzene ring substituents is 2. The van der Waals surface area contributed by atoms with Gasteiger partial charge in [0.25, 0.3) is 23.2 Å². The van der Waals surface area contributed by atoms with E-state index in [9.17, 15) is 29.8 Å². The van der Waals surface area contributed by atoms with Gasteiger partial charge < -0.3 is 19.3 Å². The summed E-state index contributed by atoms with van der Waals surface area (Å²) in [5.41, 5.74) is -0.843. The average Bonchev–Trinajstić information content (AvgIpc) is 3.79. The molecule has 2 amide bonds. The molecule has 12 nitrogen and oxygen atoms in total. The number of amides is 2. The Balaban J connectivity index is 1.23. The average molecular weight is 525 g/mol. The van der Waals surface area contributed by atoms with Gasteiger partial charge in [-0.25, -0.2) is 0 Å². The van der Waals surface area contributed by atoms with Crippen LogP contribution in [0.5, 0.6) is 0 Å². The molecular weight excluding hydrogens is 496 g/mol. The molecule has 6 atom stereocenters. The van der Waals surface area contributed by atoms with Crippen LogP contribution in [-0.4, -0.2) is 67.8 Å². The van der Waals surface area contributed by atoms with Crippen LogP contribution in [0.1, 0.15) is 51.0 Å². The number of carbonyl (C=O) groups is 2. The summed E-state index contributed by atoms with van der Waals surface area (Å²) in [4.78, 5) is 51.4. The highest BCUT2D eigenvalue weighted by Crippen LogP contribution is 2.52. The van der Waals surface area contributed by atoms with Crippen molar-refractivity contribution < 1.29 is 28.9 Å². The van der Waals surface area contributed by atoms with Crippen molar-refractivity contribution >= 4 is 23.2 Å². The van der Waals surface area contributed by atoms with Crippen LogP contribution in [0.15, 0.2) is 48.5 Å². The summed E-state index contributed by atoms with van der Waals surface area (Å²) in [6.07, 6.45) is -1.00. The summed E-state index contributed by atoms with van der Waals surface area (Å²) < 4.78 is 11.6. The first-order valence-electron chi connectivity index (χ1n) is 12.3. The maximum absolute atomic E-state index is 13.5. The molecule has 3 heterocycles.